The number of thioether (sulfide) groups is 1. The summed E-state index contributed by atoms with van der Waals surface area (Å²) in [5.41, 5.74) is 2.82. The quantitative estimate of drug-likeness (QED) is 0.590. The molecule has 0 saturated carbocycles. The first kappa shape index (κ1) is 24.3. The molecule has 0 spiro atoms. The first-order valence-electron chi connectivity index (χ1n) is 10.9. The van der Waals surface area contributed by atoms with Crippen molar-refractivity contribution in [2.24, 2.45) is 0 Å². The van der Waals surface area contributed by atoms with Crippen molar-refractivity contribution in [1.29, 1.82) is 0 Å². The van der Waals surface area contributed by atoms with Gasteiger partial charge in [-0.3, -0.25) is 0 Å². The molecule has 33 heavy (non-hydrogen) atoms. The lowest BCUT2D eigenvalue weighted by Gasteiger charge is -2.40. The summed E-state index contributed by atoms with van der Waals surface area (Å²) < 4.78 is 47.1. The minimum atomic E-state index is -2.63. The van der Waals surface area contributed by atoms with Gasteiger partial charge in [0.2, 0.25) is 0 Å². The van der Waals surface area contributed by atoms with Gasteiger partial charge in [-0.2, -0.15) is 0 Å². The van der Waals surface area contributed by atoms with Gasteiger partial charge in [0, 0.05) is 19.3 Å². The number of hydrogen-bond acceptors (Lipinski definition) is 5. The molecule has 0 bridgehead atoms. The molecule has 0 radical (unpaired) electrons. The lowest BCUT2D eigenvalue weighted by Crippen LogP contribution is -2.52. The van der Waals surface area contributed by atoms with Crippen LogP contribution in [0.1, 0.15) is 47.6 Å². The van der Waals surface area contributed by atoms with Crippen molar-refractivity contribution in [3.8, 4) is 0 Å². The topological polar surface area (TPSA) is 69.9 Å². The average molecular weight is 481 g/mol. The summed E-state index contributed by atoms with van der Waals surface area (Å²) in [5, 5.41) is 30.7. The summed E-state index contributed by atoms with van der Waals surface area (Å²) in [5.74, 6) is -3.04. The Morgan fingerprint density at radius 1 is 1.03 bits per heavy atom. The summed E-state index contributed by atoms with van der Waals surface area (Å²) in [6, 6.07) is 11.8. The Morgan fingerprint density at radius 2 is 1.76 bits per heavy atom. The van der Waals surface area contributed by atoms with Crippen LogP contribution in [0, 0.1) is 5.82 Å². The van der Waals surface area contributed by atoms with E-state index in [9.17, 15) is 28.5 Å². The fraction of sp³-hybridized carbons (Fsp3) is 0.440. The molecule has 0 aromatic heterocycles. The highest BCUT2D eigenvalue weighted by atomic mass is 32.2. The molecule has 0 amide bonds. The molecule has 1 heterocycles. The van der Waals surface area contributed by atoms with Crippen molar-refractivity contribution < 1.29 is 33.2 Å². The Morgan fingerprint density at radius 3 is 2.39 bits per heavy atom. The largest absolute Gasteiger partial charge is 0.387 e. The molecule has 1 aliphatic heterocycles. The summed E-state index contributed by atoms with van der Waals surface area (Å²) in [7, 11) is 0. The van der Waals surface area contributed by atoms with Crippen LogP contribution >= 0.6 is 11.8 Å². The maximum atomic E-state index is 14.6. The van der Waals surface area contributed by atoms with Crippen molar-refractivity contribution in [2.75, 3.05) is 6.26 Å². The SMILES string of the molecule is CS[C@H]1OC(c2ccc(F)c(Cc3ccc(C4=CCC(F)(F)CC4)cc3)c2)[C@H](O)[C@@H](O)[C@@H]1O. The molecule has 2 aliphatic rings. The number of ether oxygens (including phenoxy) is 1. The van der Waals surface area contributed by atoms with E-state index < -0.39 is 41.6 Å². The molecule has 5 atom stereocenters. The van der Waals surface area contributed by atoms with Crippen molar-refractivity contribution in [3.63, 3.8) is 0 Å². The van der Waals surface area contributed by atoms with E-state index in [0.717, 1.165) is 16.7 Å². The Labute approximate surface area is 195 Å². The molecule has 4 rings (SSSR count). The molecule has 1 unspecified atom stereocenters. The molecule has 1 saturated heterocycles. The Bertz CT molecular complexity index is 1010. The highest BCUT2D eigenvalue weighted by molar-refractivity contribution is 7.99. The van der Waals surface area contributed by atoms with Gasteiger partial charge in [-0.15, -0.1) is 11.8 Å². The van der Waals surface area contributed by atoms with Crippen molar-refractivity contribution in [2.45, 2.75) is 61.5 Å². The van der Waals surface area contributed by atoms with Gasteiger partial charge in [0.1, 0.15) is 35.7 Å². The second-order valence-electron chi connectivity index (χ2n) is 8.65. The van der Waals surface area contributed by atoms with Gasteiger partial charge in [-0.1, -0.05) is 36.4 Å². The lowest BCUT2D eigenvalue weighted by molar-refractivity contribution is -0.200. The van der Waals surface area contributed by atoms with Crippen LogP contribution in [0.2, 0.25) is 0 Å². The Hall–Kier alpha value is -1.84. The van der Waals surface area contributed by atoms with Crippen molar-refractivity contribution >= 4 is 17.3 Å². The smallest absolute Gasteiger partial charge is 0.251 e. The third-order valence-corrected chi connectivity index (χ3v) is 7.18. The molecule has 2 aromatic rings. The number of hydrogen-bond donors (Lipinski definition) is 3. The number of halogens is 3. The Balaban J connectivity index is 1.51. The maximum Gasteiger partial charge on any atom is 0.251 e. The Kier molecular flexibility index (Phi) is 7.21. The number of rotatable bonds is 5. The van der Waals surface area contributed by atoms with Crippen LogP contribution in [0.25, 0.3) is 5.57 Å². The van der Waals surface area contributed by atoms with Gasteiger partial charge in [0.25, 0.3) is 5.92 Å². The highest BCUT2D eigenvalue weighted by Crippen LogP contribution is 2.37. The summed E-state index contributed by atoms with van der Waals surface area (Å²) in [4.78, 5) is 0. The first-order chi connectivity index (χ1) is 15.7. The molecule has 1 fully saturated rings. The van der Waals surface area contributed by atoms with E-state index in [2.05, 4.69) is 0 Å². The van der Waals surface area contributed by atoms with Gasteiger partial charge in [0.05, 0.1) is 0 Å². The minimum absolute atomic E-state index is 0.156. The molecular formula is C25H27F3O4S. The second-order valence-corrected chi connectivity index (χ2v) is 9.58. The van der Waals surface area contributed by atoms with E-state index in [1.54, 1.807) is 18.4 Å². The minimum Gasteiger partial charge on any atom is -0.387 e. The molecule has 3 N–H and O–H groups in total. The number of benzene rings is 2. The summed E-state index contributed by atoms with van der Waals surface area (Å²) in [6.45, 7) is 0. The van der Waals surface area contributed by atoms with E-state index in [-0.39, 0.29) is 19.3 Å². The number of aliphatic hydroxyl groups excluding tert-OH is 3. The monoisotopic (exact) mass is 480 g/mol. The first-order valence-corrected chi connectivity index (χ1v) is 12.1. The number of aliphatic hydroxyl groups is 3. The normalized spacial score (nSPS) is 29.5. The summed E-state index contributed by atoms with van der Waals surface area (Å²) >= 11 is 1.22. The molecule has 178 valence electrons. The van der Waals surface area contributed by atoms with Gasteiger partial charge < -0.3 is 20.1 Å². The lowest BCUT2D eigenvalue weighted by atomic mass is 9.90. The van der Waals surface area contributed by atoms with Crippen LogP contribution in [0.15, 0.2) is 48.5 Å². The standard InChI is InChI=1S/C25H27F3O4S/c1-33-24-22(31)20(29)21(30)23(32-24)17-6-7-19(26)18(13-17)12-14-2-4-15(5-3-14)16-8-10-25(27,28)11-9-16/h2-8,13,20-24,29-31H,9-12H2,1H3/t20-,21-,22+,23?,24-/m1/s1. The third kappa shape index (κ3) is 5.30. The zero-order valence-corrected chi connectivity index (χ0v) is 18.9. The van der Waals surface area contributed by atoms with Crippen molar-refractivity contribution in [3.05, 3.63) is 76.6 Å². The van der Waals surface area contributed by atoms with Crippen LogP contribution < -0.4 is 0 Å². The zero-order chi connectivity index (χ0) is 23.8. The zero-order valence-electron chi connectivity index (χ0n) is 18.1. The molecule has 2 aromatic carbocycles. The molecule has 4 nitrogen and oxygen atoms in total. The maximum absolute atomic E-state index is 14.6. The van der Waals surface area contributed by atoms with E-state index in [4.69, 9.17) is 4.74 Å². The van der Waals surface area contributed by atoms with Gasteiger partial charge in [-0.25, -0.2) is 13.2 Å². The highest BCUT2D eigenvalue weighted by Gasteiger charge is 2.44. The van der Waals surface area contributed by atoms with Crippen LogP contribution in [-0.2, 0) is 11.2 Å². The third-order valence-electron chi connectivity index (χ3n) is 6.33. The van der Waals surface area contributed by atoms with Crippen LogP contribution in [0.5, 0.6) is 0 Å². The number of allylic oxidation sites excluding steroid dienone is 2. The predicted molar refractivity (Wildman–Crippen MR) is 122 cm³/mol. The van der Waals surface area contributed by atoms with Crippen LogP contribution in [0.4, 0.5) is 13.2 Å². The van der Waals surface area contributed by atoms with Gasteiger partial charge in [0.15, 0.2) is 0 Å². The van der Waals surface area contributed by atoms with E-state index >= 15 is 0 Å². The van der Waals surface area contributed by atoms with Crippen LogP contribution in [0.3, 0.4) is 0 Å². The molecule has 8 heteroatoms. The summed E-state index contributed by atoms with van der Waals surface area (Å²) in [6.07, 6.45) is -1.34. The molecule has 1 aliphatic carbocycles. The van der Waals surface area contributed by atoms with E-state index in [0.29, 0.717) is 17.5 Å². The second kappa shape index (κ2) is 9.80. The fourth-order valence-electron chi connectivity index (χ4n) is 4.34. The van der Waals surface area contributed by atoms with E-state index in [1.165, 1.54) is 23.9 Å². The van der Waals surface area contributed by atoms with Gasteiger partial charge >= 0.3 is 0 Å². The van der Waals surface area contributed by atoms with Crippen molar-refractivity contribution in [1.82, 2.24) is 0 Å². The number of alkyl halides is 2. The van der Waals surface area contributed by atoms with Crippen LogP contribution in [-0.4, -0.2) is 51.2 Å². The molecular weight excluding hydrogens is 453 g/mol. The fourth-order valence-corrected chi connectivity index (χ4v) is 5.01. The predicted octanol–water partition coefficient (Wildman–Crippen LogP) is 4.46. The average Bonchev–Trinajstić information content (AvgIpc) is 2.80. The van der Waals surface area contributed by atoms with E-state index in [1.807, 2.05) is 24.3 Å². The van der Waals surface area contributed by atoms with Gasteiger partial charge in [-0.05, 0) is 52.6 Å².